The second-order valence-corrected chi connectivity index (χ2v) is 7.33. The number of hydrogen-bond donors (Lipinski definition) is 1. The molecule has 1 N–H and O–H groups in total. The van der Waals surface area contributed by atoms with Crippen molar-refractivity contribution in [3.05, 3.63) is 65.7 Å². The predicted octanol–water partition coefficient (Wildman–Crippen LogP) is 2.54. The van der Waals surface area contributed by atoms with Crippen LogP contribution in [0.3, 0.4) is 0 Å². The first kappa shape index (κ1) is 18.4. The first-order valence-corrected chi connectivity index (χ1v) is 9.37. The SMILES string of the molecule is COc1cccc(C(CNS(=O)(=O)CCc2ccccc2)OC)c1. The molecular weight excluding hydrogens is 326 g/mol. The van der Waals surface area contributed by atoms with Gasteiger partial charge in [-0.1, -0.05) is 42.5 Å². The van der Waals surface area contributed by atoms with E-state index in [4.69, 9.17) is 9.47 Å². The Bertz CT molecular complexity index is 732. The van der Waals surface area contributed by atoms with Crippen molar-refractivity contribution >= 4 is 10.0 Å². The van der Waals surface area contributed by atoms with E-state index in [1.165, 1.54) is 0 Å². The number of sulfonamides is 1. The fourth-order valence-corrected chi connectivity index (χ4v) is 3.40. The number of rotatable bonds is 9. The standard InChI is InChI=1S/C18H23NO4S/c1-22-17-10-6-9-16(13-17)18(23-2)14-19-24(20,21)12-11-15-7-4-3-5-8-15/h3-10,13,18-19H,11-12,14H2,1-2H3. The number of aryl methyl sites for hydroxylation is 1. The largest absolute Gasteiger partial charge is 0.497 e. The van der Waals surface area contributed by atoms with E-state index in [9.17, 15) is 8.42 Å². The molecule has 0 heterocycles. The zero-order valence-corrected chi connectivity index (χ0v) is 14.8. The number of ether oxygens (including phenoxy) is 2. The molecule has 0 amide bonds. The van der Waals surface area contributed by atoms with Crippen LogP contribution in [0.2, 0.25) is 0 Å². The molecule has 130 valence electrons. The molecule has 6 heteroatoms. The Kier molecular flexibility index (Phi) is 6.78. The van der Waals surface area contributed by atoms with E-state index >= 15 is 0 Å². The van der Waals surface area contributed by atoms with Crippen LogP contribution in [-0.4, -0.2) is 34.9 Å². The lowest BCUT2D eigenvalue weighted by Crippen LogP contribution is -2.31. The molecule has 0 fully saturated rings. The van der Waals surface area contributed by atoms with Crippen molar-refractivity contribution < 1.29 is 17.9 Å². The van der Waals surface area contributed by atoms with Crippen LogP contribution in [0.15, 0.2) is 54.6 Å². The Hall–Kier alpha value is -1.89. The molecule has 5 nitrogen and oxygen atoms in total. The van der Waals surface area contributed by atoms with Crippen LogP contribution >= 0.6 is 0 Å². The molecular formula is C18H23NO4S. The number of nitrogens with one attached hydrogen (secondary N) is 1. The summed E-state index contributed by atoms with van der Waals surface area (Å²) < 4.78 is 37.6. The van der Waals surface area contributed by atoms with Crippen molar-refractivity contribution in [1.82, 2.24) is 4.72 Å². The smallest absolute Gasteiger partial charge is 0.212 e. The summed E-state index contributed by atoms with van der Waals surface area (Å²) in [7, 11) is -0.221. The topological polar surface area (TPSA) is 64.6 Å². The van der Waals surface area contributed by atoms with E-state index in [2.05, 4.69) is 4.72 Å². The second-order valence-electron chi connectivity index (χ2n) is 5.40. The van der Waals surface area contributed by atoms with E-state index < -0.39 is 10.0 Å². The van der Waals surface area contributed by atoms with Gasteiger partial charge >= 0.3 is 0 Å². The Labute approximate surface area is 143 Å². The van der Waals surface area contributed by atoms with Gasteiger partial charge in [0.25, 0.3) is 0 Å². The highest BCUT2D eigenvalue weighted by molar-refractivity contribution is 7.89. The summed E-state index contributed by atoms with van der Waals surface area (Å²) in [6.45, 7) is 0.181. The molecule has 24 heavy (non-hydrogen) atoms. The first-order chi connectivity index (χ1) is 11.5. The molecule has 0 spiro atoms. The van der Waals surface area contributed by atoms with Gasteiger partial charge in [0.15, 0.2) is 0 Å². The van der Waals surface area contributed by atoms with E-state index in [0.717, 1.165) is 11.1 Å². The lowest BCUT2D eigenvalue weighted by atomic mass is 10.1. The fourth-order valence-electron chi connectivity index (χ4n) is 2.35. The number of methoxy groups -OCH3 is 2. The molecule has 0 aliphatic heterocycles. The average Bonchev–Trinajstić information content (AvgIpc) is 2.62. The zero-order chi connectivity index (χ0) is 17.4. The maximum absolute atomic E-state index is 12.2. The molecule has 2 aromatic rings. The normalized spacial score (nSPS) is 12.8. The van der Waals surface area contributed by atoms with Crippen molar-refractivity contribution in [1.29, 1.82) is 0 Å². The third kappa shape index (κ3) is 5.63. The molecule has 0 radical (unpaired) electrons. The van der Waals surface area contributed by atoms with Crippen molar-refractivity contribution in [2.45, 2.75) is 12.5 Å². The van der Waals surface area contributed by atoms with Crippen molar-refractivity contribution in [3.8, 4) is 5.75 Å². The van der Waals surface area contributed by atoms with Gasteiger partial charge < -0.3 is 9.47 Å². The minimum absolute atomic E-state index is 0.0472. The van der Waals surface area contributed by atoms with E-state index in [1.807, 2.05) is 54.6 Å². The highest BCUT2D eigenvalue weighted by Crippen LogP contribution is 2.21. The van der Waals surface area contributed by atoms with Gasteiger partial charge in [0, 0.05) is 13.7 Å². The third-order valence-corrected chi connectivity index (χ3v) is 5.09. The van der Waals surface area contributed by atoms with Gasteiger partial charge in [-0.2, -0.15) is 0 Å². The van der Waals surface area contributed by atoms with Crippen molar-refractivity contribution in [2.75, 3.05) is 26.5 Å². The Balaban J connectivity index is 1.93. The molecule has 2 rings (SSSR count). The summed E-state index contributed by atoms with van der Waals surface area (Å²) >= 11 is 0. The van der Waals surface area contributed by atoms with Crippen LogP contribution in [0, 0.1) is 0 Å². The van der Waals surface area contributed by atoms with Crippen molar-refractivity contribution in [3.63, 3.8) is 0 Å². The highest BCUT2D eigenvalue weighted by Gasteiger charge is 2.16. The minimum Gasteiger partial charge on any atom is -0.497 e. The van der Waals surface area contributed by atoms with Gasteiger partial charge in [0.05, 0.1) is 19.0 Å². The summed E-state index contributed by atoms with van der Waals surface area (Å²) in [5.74, 6) is 0.757. The van der Waals surface area contributed by atoms with Crippen molar-refractivity contribution in [2.24, 2.45) is 0 Å². The molecule has 0 bridgehead atoms. The number of benzene rings is 2. The van der Waals surface area contributed by atoms with Gasteiger partial charge in [-0.3, -0.25) is 0 Å². The minimum atomic E-state index is -3.37. The maximum Gasteiger partial charge on any atom is 0.212 e. The first-order valence-electron chi connectivity index (χ1n) is 7.72. The van der Waals surface area contributed by atoms with Crippen LogP contribution in [0.1, 0.15) is 17.2 Å². The van der Waals surface area contributed by atoms with Gasteiger partial charge in [-0.15, -0.1) is 0 Å². The van der Waals surface area contributed by atoms with E-state index in [0.29, 0.717) is 12.2 Å². The Morgan fingerprint density at radius 1 is 1.04 bits per heavy atom. The highest BCUT2D eigenvalue weighted by atomic mass is 32.2. The fraction of sp³-hybridized carbons (Fsp3) is 0.333. The van der Waals surface area contributed by atoms with Gasteiger partial charge in [-0.05, 0) is 29.7 Å². The third-order valence-electron chi connectivity index (χ3n) is 3.74. The average molecular weight is 349 g/mol. The summed E-state index contributed by atoms with van der Waals surface area (Å²) in [5.41, 5.74) is 1.86. The quantitative estimate of drug-likeness (QED) is 0.756. The summed E-state index contributed by atoms with van der Waals surface area (Å²) in [6.07, 6.45) is 0.110. The van der Waals surface area contributed by atoms with Gasteiger partial charge in [0.1, 0.15) is 5.75 Å². The molecule has 0 saturated carbocycles. The molecule has 0 aliphatic rings. The molecule has 1 atom stereocenters. The zero-order valence-electron chi connectivity index (χ0n) is 13.9. The number of hydrogen-bond acceptors (Lipinski definition) is 4. The predicted molar refractivity (Wildman–Crippen MR) is 94.7 cm³/mol. The second kappa shape index (κ2) is 8.82. The molecule has 0 saturated heterocycles. The van der Waals surface area contributed by atoms with Crippen LogP contribution in [-0.2, 0) is 21.2 Å². The Morgan fingerprint density at radius 2 is 1.79 bits per heavy atom. The summed E-state index contributed by atoms with van der Waals surface area (Å²) in [5, 5.41) is 0. The lowest BCUT2D eigenvalue weighted by Gasteiger charge is -2.17. The molecule has 1 unspecified atom stereocenters. The lowest BCUT2D eigenvalue weighted by molar-refractivity contribution is 0.107. The van der Waals surface area contributed by atoms with Crippen LogP contribution in [0.5, 0.6) is 5.75 Å². The van der Waals surface area contributed by atoms with Crippen LogP contribution in [0.4, 0.5) is 0 Å². The van der Waals surface area contributed by atoms with Crippen LogP contribution in [0.25, 0.3) is 0 Å². The van der Waals surface area contributed by atoms with Gasteiger partial charge in [0.2, 0.25) is 10.0 Å². The summed E-state index contributed by atoms with van der Waals surface area (Å²) in [6, 6.07) is 17.0. The monoisotopic (exact) mass is 349 g/mol. The molecule has 2 aromatic carbocycles. The summed E-state index contributed by atoms with van der Waals surface area (Å²) in [4.78, 5) is 0. The molecule has 0 aliphatic carbocycles. The van der Waals surface area contributed by atoms with E-state index in [1.54, 1.807) is 14.2 Å². The van der Waals surface area contributed by atoms with Gasteiger partial charge in [-0.25, -0.2) is 13.1 Å². The maximum atomic E-state index is 12.2. The molecule has 0 aromatic heterocycles. The van der Waals surface area contributed by atoms with Crippen LogP contribution < -0.4 is 9.46 Å². The Morgan fingerprint density at radius 3 is 2.46 bits per heavy atom. The van der Waals surface area contributed by atoms with E-state index in [-0.39, 0.29) is 18.4 Å².